The number of carbonyl (C=O) groups excluding carboxylic acids is 3. The van der Waals surface area contributed by atoms with Gasteiger partial charge in [0.05, 0.1) is 12.6 Å². The summed E-state index contributed by atoms with van der Waals surface area (Å²) in [5.74, 6) is -0.588. The molecule has 160 valence electrons. The van der Waals surface area contributed by atoms with Crippen molar-refractivity contribution in [1.29, 1.82) is 0 Å². The molecule has 1 amide bonds. The SMILES string of the molecule is C=CCN(C(=O)C1CCCCC1)[C@H](C)C(=O)c1c(C)c(C(=O)OCC)n(C)c1C. The van der Waals surface area contributed by atoms with Crippen LogP contribution in [0, 0.1) is 19.8 Å². The smallest absolute Gasteiger partial charge is 0.355 e. The van der Waals surface area contributed by atoms with Gasteiger partial charge in [-0.3, -0.25) is 9.59 Å². The van der Waals surface area contributed by atoms with Gasteiger partial charge in [0.25, 0.3) is 0 Å². The van der Waals surface area contributed by atoms with Crippen LogP contribution in [0.25, 0.3) is 0 Å². The molecule has 1 heterocycles. The molecule has 1 aromatic rings. The van der Waals surface area contributed by atoms with Gasteiger partial charge in [0.2, 0.25) is 5.91 Å². The predicted octanol–water partition coefficient (Wildman–Crippen LogP) is 3.98. The molecule has 0 N–H and O–H groups in total. The highest BCUT2D eigenvalue weighted by molar-refractivity contribution is 6.06. The van der Waals surface area contributed by atoms with Crippen LogP contribution in [0.15, 0.2) is 12.7 Å². The van der Waals surface area contributed by atoms with E-state index >= 15 is 0 Å². The second-order valence-corrected chi connectivity index (χ2v) is 7.87. The highest BCUT2D eigenvalue weighted by Gasteiger charge is 2.34. The van der Waals surface area contributed by atoms with E-state index in [2.05, 4.69) is 6.58 Å². The number of esters is 1. The van der Waals surface area contributed by atoms with Gasteiger partial charge in [-0.2, -0.15) is 0 Å². The molecule has 6 nitrogen and oxygen atoms in total. The molecular formula is C23H34N2O4. The zero-order valence-electron chi connectivity index (χ0n) is 18.4. The van der Waals surface area contributed by atoms with Gasteiger partial charge in [-0.05, 0) is 46.1 Å². The lowest BCUT2D eigenvalue weighted by atomic mass is 9.87. The maximum atomic E-state index is 13.4. The van der Waals surface area contributed by atoms with Gasteiger partial charge >= 0.3 is 5.97 Å². The summed E-state index contributed by atoms with van der Waals surface area (Å²) < 4.78 is 6.86. The first-order valence-electron chi connectivity index (χ1n) is 10.5. The molecule has 0 saturated heterocycles. The fourth-order valence-electron chi connectivity index (χ4n) is 4.34. The minimum Gasteiger partial charge on any atom is -0.461 e. The molecule has 2 rings (SSSR count). The maximum Gasteiger partial charge on any atom is 0.355 e. The molecule has 29 heavy (non-hydrogen) atoms. The minimum atomic E-state index is -0.628. The normalized spacial score (nSPS) is 15.6. The van der Waals surface area contributed by atoms with Gasteiger partial charge in [0.1, 0.15) is 5.69 Å². The molecule has 1 atom stereocenters. The molecule has 1 aliphatic rings. The highest BCUT2D eigenvalue weighted by Crippen LogP contribution is 2.28. The fraction of sp³-hybridized carbons (Fsp3) is 0.609. The zero-order valence-corrected chi connectivity index (χ0v) is 18.4. The van der Waals surface area contributed by atoms with Crippen LogP contribution in [0.1, 0.15) is 78.1 Å². The molecule has 1 fully saturated rings. The van der Waals surface area contributed by atoms with E-state index in [1.165, 1.54) is 6.42 Å². The second-order valence-electron chi connectivity index (χ2n) is 7.87. The largest absolute Gasteiger partial charge is 0.461 e. The van der Waals surface area contributed by atoms with Crippen molar-refractivity contribution in [3.8, 4) is 0 Å². The Hall–Kier alpha value is -2.37. The number of amides is 1. The topological polar surface area (TPSA) is 68.6 Å². The van der Waals surface area contributed by atoms with Crippen LogP contribution in [0.5, 0.6) is 0 Å². The Morgan fingerprint density at radius 1 is 1.24 bits per heavy atom. The summed E-state index contributed by atoms with van der Waals surface area (Å²) in [7, 11) is 1.75. The number of hydrogen-bond acceptors (Lipinski definition) is 4. The van der Waals surface area contributed by atoms with Crippen LogP contribution in [0.4, 0.5) is 0 Å². The summed E-state index contributed by atoms with van der Waals surface area (Å²) in [6.45, 7) is 11.5. The summed E-state index contributed by atoms with van der Waals surface area (Å²) >= 11 is 0. The molecule has 0 bridgehead atoms. The van der Waals surface area contributed by atoms with Gasteiger partial charge in [-0.25, -0.2) is 4.79 Å². The molecule has 0 aromatic carbocycles. The standard InChI is InChI=1S/C23H34N2O4/c1-7-14-25(22(27)18-12-10-9-11-13-18)17(5)21(26)19-15(3)20(23(28)29-8-2)24(6)16(19)4/h7,17-18H,1,8-14H2,2-6H3/t17-/m1/s1. The molecular weight excluding hydrogens is 368 g/mol. The minimum absolute atomic E-state index is 0.0213. The molecule has 1 aromatic heterocycles. The first-order chi connectivity index (χ1) is 13.8. The lowest BCUT2D eigenvalue weighted by Crippen LogP contribution is -2.46. The molecule has 1 aliphatic carbocycles. The van der Waals surface area contributed by atoms with Crippen LogP contribution >= 0.6 is 0 Å². The van der Waals surface area contributed by atoms with E-state index in [0.717, 1.165) is 25.7 Å². The molecule has 1 saturated carbocycles. The molecule has 0 radical (unpaired) electrons. The Morgan fingerprint density at radius 3 is 2.41 bits per heavy atom. The monoisotopic (exact) mass is 402 g/mol. The second kappa shape index (κ2) is 9.90. The summed E-state index contributed by atoms with van der Waals surface area (Å²) in [4.78, 5) is 40.6. The number of Topliss-reactive ketones (excluding diaryl/α,β-unsaturated/α-hetero) is 1. The van der Waals surface area contributed by atoms with E-state index in [1.807, 2.05) is 6.92 Å². The van der Waals surface area contributed by atoms with E-state index in [4.69, 9.17) is 4.74 Å². The van der Waals surface area contributed by atoms with Crippen molar-refractivity contribution < 1.29 is 19.1 Å². The lowest BCUT2D eigenvalue weighted by molar-refractivity contribution is -0.137. The number of nitrogens with zero attached hydrogens (tertiary/aromatic N) is 2. The average molecular weight is 403 g/mol. The fourth-order valence-corrected chi connectivity index (χ4v) is 4.34. The molecule has 0 aliphatic heterocycles. The first kappa shape index (κ1) is 22.9. The Bertz CT molecular complexity index is 787. The Kier molecular flexibility index (Phi) is 7.82. The average Bonchev–Trinajstić information content (AvgIpc) is 2.94. The summed E-state index contributed by atoms with van der Waals surface area (Å²) in [6.07, 6.45) is 6.70. The van der Waals surface area contributed by atoms with Crippen LogP contribution in [-0.2, 0) is 16.6 Å². The van der Waals surface area contributed by atoms with Gasteiger partial charge in [0.15, 0.2) is 5.78 Å². The van der Waals surface area contributed by atoms with Crippen molar-refractivity contribution in [2.75, 3.05) is 13.2 Å². The van der Waals surface area contributed by atoms with E-state index in [1.54, 1.807) is 43.4 Å². The lowest BCUT2D eigenvalue weighted by Gasteiger charge is -2.32. The van der Waals surface area contributed by atoms with E-state index < -0.39 is 12.0 Å². The van der Waals surface area contributed by atoms with Crippen molar-refractivity contribution in [3.05, 3.63) is 35.2 Å². The number of carbonyl (C=O) groups is 3. The van der Waals surface area contributed by atoms with Crippen LogP contribution in [0.2, 0.25) is 0 Å². The van der Waals surface area contributed by atoms with Gasteiger partial charge in [0, 0.05) is 30.8 Å². The third kappa shape index (κ3) is 4.62. The van der Waals surface area contributed by atoms with Crippen LogP contribution < -0.4 is 0 Å². The Labute approximate surface area is 173 Å². The van der Waals surface area contributed by atoms with Crippen LogP contribution in [-0.4, -0.2) is 46.3 Å². The van der Waals surface area contributed by atoms with Gasteiger partial charge in [-0.1, -0.05) is 25.3 Å². The first-order valence-corrected chi connectivity index (χ1v) is 10.5. The third-order valence-electron chi connectivity index (χ3n) is 6.06. The van der Waals surface area contributed by atoms with Crippen LogP contribution in [0.3, 0.4) is 0 Å². The number of hydrogen-bond donors (Lipinski definition) is 0. The quantitative estimate of drug-likeness (QED) is 0.375. The highest BCUT2D eigenvalue weighted by atomic mass is 16.5. The van der Waals surface area contributed by atoms with Crippen molar-refractivity contribution in [3.63, 3.8) is 0 Å². The summed E-state index contributed by atoms with van der Waals surface area (Å²) in [5, 5.41) is 0. The molecule has 0 spiro atoms. The number of rotatable bonds is 8. The maximum absolute atomic E-state index is 13.4. The van der Waals surface area contributed by atoms with E-state index in [0.29, 0.717) is 29.1 Å². The van der Waals surface area contributed by atoms with Crippen molar-refractivity contribution >= 4 is 17.7 Å². The van der Waals surface area contributed by atoms with Crippen molar-refractivity contribution in [2.45, 2.75) is 65.8 Å². The Balaban J connectivity index is 2.35. The number of aromatic nitrogens is 1. The van der Waals surface area contributed by atoms with Crippen molar-refractivity contribution in [1.82, 2.24) is 9.47 Å². The van der Waals surface area contributed by atoms with Gasteiger partial charge in [-0.15, -0.1) is 6.58 Å². The predicted molar refractivity (Wildman–Crippen MR) is 113 cm³/mol. The summed E-state index contributed by atoms with van der Waals surface area (Å²) in [6, 6.07) is -0.628. The van der Waals surface area contributed by atoms with E-state index in [-0.39, 0.29) is 24.2 Å². The third-order valence-corrected chi connectivity index (χ3v) is 6.06. The number of ether oxygens (including phenoxy) is 1. The van der Waals surface area contributed by atoms with Gasteiger partial charge < -0.3 is 14.2 Å². The molecule has 6 heteroatoms. The summed E-state index contributed by atoms with van der Waals surface area (Å²) in [5.41, 5.74) is 2.18. The van der Waals surface area contributed by atoms with Crippen molar-refractivity contribution in [2.24, 2.45) is 13.0 Å². The zero-order chi connectivity index (χ0) is 21.7. The number of ketones is 1. The Morgan fingerprint density at radius 2 is 1.86 bits per heavy atom. The van der Waals surface area contributed by atoms with E-state index in [9.17, 15) is 14.4 Å². The molecule has 0 unspecified atom stereocenters.